The number of benzene rings is 1. The summed E-state index contributed by atoms with van der Waals surface area (Å²) < 4.78 is 0. The van der Waals surface area contributed by atoms with E-state index in [1.165, 1.54) is 0 Å². The van der Waals surface area contributed by atoms with E-state index in [2.05, 4.69) is 4.98 Å². The number of nitrogens with two attached hydrogens (primary N) is 1. The van der Waals surface area contributed by atoms with E-state index < -0.39 is 5.97 Å². The van der Waals surface area contributed by atoms with Crippen LogP contribution in [0.25, 0.3) is 0 Å². The molecule has 24 heavy (non-hydrogen) atoms. The number of carboxylic acid groups (broad SMARTS) is 1. The smallest absolute Gasteiger partial charge is 0.335 e. The van der Waals surface area contributed by atoms with Crippen molar-refractivity contribution in [2.75, 3.05) is 18.8 Å². The topological polar surface area (TPSA) is 96.5 Å². The lowest BCUT2D eigenvalue weighted by Crippen LogP contribution is -2.29. The van der Waals surface area contributed by atoms with Crippen molar-refractivity contribution in [2.24, 2.45) is 5.92 Å². The van der Waals surface area contributed by atoms with Gasteiger partial charge in [-0.25, -0.2) is 9.78 Å². The van der Waals surface area contributed by atoms with Crippen LogP contribution in [0.5, 0.6) is 0 Å². The summed E-state index contributed by atoms with van der Waals surface area (Å²) in [7, 11) is 0. The van der Waals surface area contributed by atoms with E-state index in [0.29, 0.717) is 23.8 Å². The van der Waals surface area contributed by atoms with Gasteiger partial charge in [-0.05, 0) is 48.6 Å². The summed E-state index contributed by atoms with van der Waals surface area (Å²) in [6, 6.07) is 10.2. The fourth-order valence-electron chi connectivity index (χ4n) is 3.06. The lowest BCUT2D eigenvalue weighted by Gasteiger charge is -2.17. The first-order valence-electron chi connectivity index (χ1n) is 7.86. The van der Waals surface area contributed by atoms with Crippen LogP contribution in [0.2, 0.25) is 0 Å². The minimum absolute atomic E-state index is 0.0205. The van der Waals surface area contributed by atoms with Crippen molar-refractivity contribution in [3.05, 3.63) is 59.3 Å². The Morgan fingerprint density at radius 2 is 1.96 bits per heavy atom. The zero-order valence-electron chi connectivity index (χ0n) is 13.2. The number of carbonyl (C=O) groups excluding carboxylic acids is 1. The van der Waals surface area contributed by atoms with Crippen LogP contribution < -0.4 is 5.73 Å². The molecule has 3 rings (SSSR count). The second kappa shape index (κ2) is 6.70. The Kier molecular flexibility index (Phi) is 4.46. The SMILES string of the molecule is Nc1cc(C(=O)N2CCC(Cc3ccc(C(=O)O)cc3)C2)ccn1. The van der Waals surface area contributed by atoms with E-state index in [4.69, 9.17) is 10.8 Å². The molecule has 0 radical (unpaired) electrons. The lowest BCUT2D eigenvalue weighted by atomic mass is 9.98. The van der Waals surface area contributed by atoms with Crippen LogP contribution >= 0.6 is 0 Å². The fourth-order valence-corrected chi connectivity index (χ4v) is 3.06. The van der Waals surface area contributed by atoms with Gasteiger partial charge in [0.25, 0.3) is 5.91 Å². The molecule has 0 aliphatic carbocycles. The average Bonchev–Trinajstić information content (AvgIpc) is 3.03. The molecule has 0 spiro atoms. The Bertz CT molecular complexity index is 758. The fraction of sp³-hybridized carbons (Fsp3) is 0.278. The van der Waals surface area contributed by atoms with Gasteiger partial charge in [0.1, 0.15) is 5.82 Å². The van der Waals surface area contributed by atoms with Crippen LogP contribution in [-0.2, 0) is 6.42 Å². The number of nitrogens with zero attached hydrogens (tertiary/aromatic N) is 2. The lowest BCUT2D eigenvalue weighted by molar-refractivity contribution is 0.0696. The molecule has 1 unspecified atom stereocenters. The number of pyridine rings is 1. The number of rotatable bonds is 4. The van der Waals surface area contributed by atoms with Crippen LogP contribution in [0.3, 0.4) is 0 Å². The molecule has 0 bridgehead atoms. The highest BCUT2D eigenvalue weighted by Crippen LogP contribution is 2.23. The normalized spacial score (nSPS) is 17.0. The van der Waals surface area contributed by atoms with Gasteiger partial charge < -0.3 is 15.7 Å². The standard InChI is InChI=1S/C18H19N3O3/c19-16-10-15(5-7-20-16)17(22)21-8-6-13(11-21)9-12-1-3-14(4-2-12)18(23)24/h1-5,7,10,13H,6,8-9,11H2,(H2,19,20)(H,23,24). The summed E-state index contributed by atoms with van der Waals surface area (Å²) in [4.78, 5) is 29.1. The van der Waals surface area contributed by atoms with Crippen molar-refractivity contribution >= 4 is 17.7 Å². The zero-order chi connectivity index (χ0) is 17.1. The number of carbonyl (C=O) groups is 2. The summed E-state index contributed by atoms with van der Waals surface area (Å²) in [5.74, 6) is -0.220. The average molecular weight is 325 g/mol. The molecule has 1 saturated heterocycles. The van der Waals surface area contributed by atoms with E-state index in [9.17, 15) is 9.59 Å². The molecular weight excluding hydrogens is 306 g/mol. The number of amides is 1. The number of aromatic carboxylic acids is 1. The Morgan fingerprint density at radius 3 is 2.62 bits per heavy atom. The first kappa shape index (κ1) is 16.0. The van der Waals surface area contributed by atoms with Gasteiger partial charge in [0.15, 0.2) is 0 Å². The van der Waals surface area contributed by atoms with Gasteiger partial charge in [-0.15, -0.1) is 0 Å². The molecule has 6 nitrogen and oxygen atoms in total. The number of likely N-dealkylation sites (tertiary alicyclic amines) is 1. The molecule has 1 aromatic carbocycles. The molecule has 2 heterocycles. The summed E-state index contributed by atoms with van der Waals surface area (Å²) in [5.41, 5.74) is 7.58. The molecule has 6 heteroatoms. The maximum absolute atomic E-state index is 12.5. The monoisotopic (exact) mass is 325 g/mol. The third kappa shape index (κ3) is 3.53. The van der Waals surface area contributed by atoms with Gasteiger partial charge in [0.05, 0.1) is 5.56 Å². The number of hydrogen-bond donors (Lipinski definition) is 2. The third-order valence-corrected chi connectivity index (χ3v) is 4.33. The molecule has 3 N–H and O–H groups in total. The minimum Gasteiger partial charge on any atom is -0.478 e. The van der Waals surface area contributed by atoms with Crippen LogP contribution in [0.4, 0.5) is 5.82 Å². The Labute approximate surface area is 139 Å². The molecule has 1 aliphatic rings. The maximum Gasteiger partial charge on any atom is 0.335 e. The number of nitrogen functional groups attached to an aromatic ring is 1. The molecule has 0 saturated carbocycles. The van der Waals surface area contributed by atoms with Crippen LogP contribution in [0.15, 0.2) is 42.6 Å². The Hall–Kier alpha value is -2.89. The predicted octanol–water partition coefficient (Wildman–Crippen LogP) is 2.07. The molecule has 1 amide bonds. The second-order valence-electron chi connectivity index (χ2n) is 6.08. The highest BCUT2D eigenvalue weighted by molar-refractivity contribution is 5.94. The first-order chi connectivity index (χ1) is 11.5. The molecule has 2 aromatic rings. The van der Waals surface area contributed by atoms with Crippen molar-refractivity contribution in [1.29, 1.82) is 0 Å². The molecule has 1 aromatic heterocycles. The maximum atomic E-state index is 12.5. The number of carboxylic acids is 1. The zero-order valence-corrected chi connectivity index (χ0v) is 13.2. The van der Waals surface area contributed by atoms with Gasteiger partial charge in [0.2, 0.25) is 0 Å². The van der Waals surface area contributed by atoms with Crippen LogP contribution in [-0.4, -0.2) is 40.0 Å². The van der Waals surface area contributed by atoms with Crippen LogP contribution in [0, 0.1) is 5.92 Å². The van der Waals surface area contributed by atoms with Crippen molar-refractivity contribution in [3.8, 4) is 0 Å². The third-order valence-electron chi connectivity index (χ3n) is 4.33. The Morgan fingerprint density at radius 1 is 1.21 bits per heavy atom. The summed E-state index contributed by atoms with van der Waals surface area (Å²) >= 11 is 0. The van der Waals surface area contributed by atoms with E-state index in [0.717, 1.165) is 24.9 Å². The van der Waals surface area contributed by atoms with Gasteiger partial charge in [-0.1, -0.05) is 12.1 Å². The van der Waals surface area contributed by atoms with E-state index in [1.807, 2.05) is 17.0 Å². The number of anilines is 1. The second-order valence-corrected chi connectivity index (χ2v) is 6.08. The highest BCUT2D eigenvalue weighted by Gasteiger charge is 2.27. The number of hydrogen-bond acceptors (Lipinski definition) is 4. The highest BCUT2D eigenvalue weighted by atomic mass is 16.4. The molecule has 1 atom stereocenters. The van der Waals surface area contributed by atoms with E-state index in [-0.39, 0.29) is 11.5 Å². The van der Waals surface area contributed by atoms with Crippen LogP contribution in [0.1, 0.15) is 32.7 Å². The summed E-state index contributed by atoms with van der Waals surface area (Å²) in [6.07, 6.45) is 3.31. The van der Waals surface area contributed by atoms with Crippen molar-refractivity contribution in [1.82, 2.24) is 9.88 Å². The largest absolute Gasteiger partial charge is 0.478 e. The summed E-state index contributed by atoms with van der Waals surface area (Å²) in [5, 5.41) is 8.93. The quantitative estimate of drug-likeness (QED) is 0.897. The van der Waals surface area contributed by atoms with Crippen molar-refractivity contribution in [2.45, 2.75) is 12.8 Å². The predicted molar refractivity (Wildman–Crippen MR) is 89.8 cm³/mol. The van der Waals surface area contributed by atoms with Gasteiger partial charge in [-0.2, -0.15) is 0 Å². The molecular formula is C18H19N3O3. The molecule has 1 aliphatic heterocycles. The number of aromatic nitrogens is 1. The van der Waals surface area contributed by atoms with Crippen molar-refractivity contribution < 1.29 is 14.7 Å². The molecule has 1 fully saturated rings. The van der Waals surface area contributed by atoms with E-state index >= 15 is 0 Å². The van der Waals surface area contributed by atoms with Gasteiger partial charge >= 0.3 is 5.97 Å². The van der Waals surface area contributed by atoms with E-state index in [1.54, 1.807) is 30.5 Å². The Balaban J connectivity index is 1.61. The van der Waals surface area contributed by atoms with Gasteiger partial charge in [0, 0.05) is 24.8 Å². The molecule has 124 valence electrons. The summed E-state index contributed by atoms with van der Waals surface area (Å²) in [6.45, 7) is 1.42. The minimum atomic E-state index is -0.921. The first-order valence-corrected chi connectivity index (χ1v) is 7.86. The van der Waals surface area contributed by atoms with Gasteiger partial charge in [-0.3, -0.25) is 4.79 Å². The van der Waals surface area contributed by atoms with Crippen molar-refractivity contribution in [3.63, 3.8) is 0 Å².